The molecule has 1 amide bonds. The number of nitrogens with one attached hydrogen (secondary N) is 1. The first-order chi connectivity index (χ1) is 9.77. The van der Waals surface area contributed by atoms with Gasteiger partial charge in [0.15, 0.2) is 0 Å². The Morgan fingerprint density at radius 1 is 1.38 bits per heavy atom. The van der Waals surface area contributed by atoms with Crippen molar-refractivity contribution in [3.05, 3.63) is 28.7 Å². The normalized spacial score (nSPS) is 13.2. The molecule has 1 aromatic carbocycles. The summed E-state index contributed by atoms with van der Waals surface area (Å²) in [4.78, 5) is 11.9. The van der Waals surface area contributed by atoms with Gasteiger partial charge in [-0.15, -0.1) is 0 Å². The van der Waals surface area contributed by atoms with E-state index in [-0.39, 0.29) is 23.4 Å². The van der Waals surface area contributed by atoms with Gasteiger partial charge in [-0.05, 0) is 31.2 Å². The zero-order valence-electron chi connectivity index (χ0n) is 12.2. The molecule has 0 aromatic heterocycles. The van der Waals surface area contributed by atoms with E-state index in [1.165, 1.54) is 26.3 Å². The Hall–Kier alpha value is -0.960. The standard InChI is InChI=1S/C13H19BrN2O4S/c1-10(9-20-3)15-13(17)8-16(2)21(18,19)12-6-4-11(14)5-7-12/h4-7,10H,8-9H2,1-3H3,(H,15,17). The lowest BCUT2D eigenvalue weighted by Gasteiger charge is -2.19. The number of carbonyl (C=O) groups is 1. The van der Waals surface area contributed by atoms with Crippen molar-refractivity contribution >= 4 is 31.9 Å². The van der Waals surface area contributed by atoms with Gasteiger partial charge in [-0.25, -0.2) is 8.42 Å². The zero-order valence-corrected chi connectivity index (χ0v) is 14.6. The van der Waals surface area contributed by atoms with Crippen molar-refractivity contribution in [1.29, 1.82) is 0 Å². The van der Waals surface area contributed by atoms with Crippen molar-refractivity contribution in [2.75, 3.05) is 27.3 Å². The van der Waals surface area contributed by atoms with Crippen LogP contribution in [0.2, 0.25) is 0 Å². The van der Waals surface area contributed by atoms with Crippen LogP contribution < -0.4 is 5.32 Å². The lowest BCUT2D eigenvalue weighted by molar-refractivity contribution is -0.122. The average Bonchev–Trinajstić information content (AvgIpc) is 2.39. The third-order valence-electron chi connectivity index (χ3n) is 2.71. The summed E-state index contributed by atoms with van der Waals surface area (Å²) in [7, 11) is -0.771. The number of amides is 1. The third kappa shape index (κ3) is 5.39. The molecule has 1 rings (SSSR count). The van der Waals surface area contributed by atoms with Gasteiger partial charge in [0.1, 0.15) is 0 Å². The summed E-state index contributed by atoms with van der Waals surface area (Å²) < 4.78 is 31.3. The van der Waals surface area contributed by atoms with Crippen LogP contribution in [-0.2, 0) is 19.6 Å². The van der Waals surface area contributed by atoms with Crippen molar-refractivity contribution < 1.29 is 17.9 Å². The Morgan fingerprint density at radius 3 is 2.48 bits per heavy atom. The molecule has 1 N–H and O–H groups in total. The summed E-state index contributed by atoms with van der Waals surface area (Å²) >= 11 is 3.25. The SMILES string of the molecule is COCC(C)NC(=O)CN(C)S(=O)(=O)c1ccc(Br)cc1. The first-order valence-electron chi connectivity index (χ1n) is 6.27. The van der Waals surface area contributed by atoms with Crippen LogP contribution in [0.25, 0.3) is 0 Å². The van der Waals surface area contributed by atoms with Crippen molar-refractivity contribution in [1.82, 2.24) is 9.62 Å². The lowest BCUT2D eigenvalue weighted by atomic mass is 10.3. The monoisotopic (exact) mass is 378 g/mol. The van der Waals surface area contributed by atoms with Crippen LogP contribution in [0, 0.1) is 0 Å². The van der Waals surface area contributed by atoms with Crippen molar-refractivity contribution in [3.63, 3.8) is 0 Å². The van der Waals surface area contributed by atoms with Crippen molar-refractivity contribution in [2.45, 2.75) is 17.9 Å². The van der Waals surface area contributed by atoms with E-state index in [0.29, 0.717) is 6.61 Å². The smallest absolute Gasteiger partial charge is 0.243 e. The van der Waals surface area contributed by atoms with Crippen molar-refractivity contribution in [3.8, 4) is 0 Å². The van der Waals surface area contributed by atoms with E-state index in [4.69, 9.17) is 4.74 Å². The largest absolute Gasteiger partial charge is 0.383 e. The van der Waals surface area contributed by atoms with Crippen LogP contribution in [-0.4, -0.2) is 52.0 Å². The second kappa shape index (κ2) is 7.88. The molecule has 0 aliphatic heterocycles. The molecule has 1 atom stereocenters. The number of rotatable bonds is 7. The van der Waals surface area contributed by atoms with E-state index in [1.54, 1.807) is 19.1 Å². The van der Waals surface area contributed by atoms with Crippen LogP contribution >= 0.6 is 15.9 Å². The molecule has 21 heavy (non-hydrogen) atoms. The molecule has 0 fully saturated rings. The molecule has 0 radical (unpaired) electrons. The van der Waals surface area contributed by atoms with Gasteiger partial charge >= 0.3 is 0 Å². The van der Waals surface area contributed by atoms with E-state index < -0.39 is 10.0 Å². The van der Waals surface area contributed by atoms with Gasteiger partial charge in [0, 0.05) is 24.7 Å². The maximum atomic E-state index is 12.3. The van der Waals surface area contributed by atoms with Gasteiger partial charge in [-0.1, -0.05) is 15.9 Å². The number of methoxy groups -OCH3 is 1. The van der Waals surface area contributed by atoms with Gasteiger partial charge in [0.05, 0.1) is 18.0 Å². The Morgan fingerprint density at radius 2 is 1.95 bits per heavy atom. The summed E-state index contributed by atoms with van der Waals surface area (Å²) in [5, 5.41) is 2.67. The third-order valence-corrected chi connectivity index (χ3v) is 5.06. The predicted molar refractivity (Wildman–Crippen MR) is 83.4 cm³/mol. The molecular formula is C13H19BrN2O4S. The molecule has 0 bridgehead atoms. The fourth-order valence-corrected chi connectivity index (χ4v) is 3.08. The number of ether oxygens (including phenoxy) is 1. The molecule has 1 aromatic rings. The first kappa shape index (κ1) is 18.1. The van der Waals surface area contributed by atoms with Gasteiger partial charge in [-0.3, -0.25) is 4.79 Å². The van der Waals surface area contributed by atoms with E-state index in [2.05, 4.69) is 21.2 Å². The van der Waals surface area contributed by atoms with E-state index >= 15 is 0 Å². The number of benzene rings is 1. The maximum absolute atomic E-state index is 12.3. The molecule has 0 aliphatic rings. The van der Waals surface area contributed by atoms with Crippen LogP contribution in [0.15, 0.2) is 33.6 Å². The lowest BCUT2D eigenvalue weighted by Crippen LogP contribution is -2.43. The molecule has 118 valence electrons. The summed E-state index contributed by atoms with van der Waals surface area (Å²) in [6.07, 6.45) is 0. The molecule has 0 aliphatic carbocycles. The summed E-state index contributed by atoms with van der Waals surface area (Å²) in [5.41, 5.74) is 0. The molecule has 0 spiro atoms. The number of halogens is 1. The molecule has 0 saturated heterocycles. The van der Waals surface area contributed by atoms with Crippen molar-refractivity contribution in [2.24, 2.45) is 0 Å². The van der Waals surface area contributed by atoms with Crippen LogP contribution in [0.4, 0.5) is 0 Å². The minimum absolute atomic E-state index is 0.144. The van der Waals surface area contributed by atoms with Gasteiger partial charge < -0.3 is 10.1 Å². The van der Waals surface area contributed by atoms with Crippen LogP contribution in [0.3, 0.4) is 0 Å². The number of likely N-dealkylation sites (N-methyl/N-ethyl adjacent to an activating group) is 1. The second-order valence-corrected chi connectivity index (χ2v) is 7.60. The average molecular weight is 379 g/mol. The Bertz CT molecular complexity index is 574. The molecule has 8 heteroatoms. The topological polar surface area (TPSA) is 75.7 Å². The number of hydrogen-bond acceptors (Lipinski definition) is 4. The Kier molecular flexibility index (Phi) is 6.79. The molecule has 1 unspecified atom stereocenters. The Balaban J connectivity index is 2.71. The van der Waals surface area contributed by atoms with E-state index in [1.807, 2.05) is 0 Å². The fraction of sp³-hybridized carbons (Fsp3) is 0.462. The fourth-order valence-electron chi connectivity index (χ4n) is 1.69. The van der Waals surface area contributed by atoms with Crippen LogP contribution in [0.1, 0.15) is 6.92 Å². The van der Waals surface area contributed by atoms with E-state index in [0.717, 1.165) is 8.78 Å². The predicted octanol–water partition coefficient (Wildman–Crippen LogP) is 1.22. The molecular weight excluding hydrogens is 360 g/mol. The highest BCUT2D eigenvalue weighted by Crippen LogP contribution is 2.17. The van der Waals surface area contributed by atoms with Crippen LogP contribution in [0.5, 0.6) is 0 Å². The Labute approximate surface area is 133 Å². The van der Waals surface area contributed by atoms with E-state index in [9.17, 15) is 13.2 Å². The molecule has 0 saturated carbocycles. The highest BCUT2D eigenvalue weighted by Gasteiger charge is 2.23. The highest BCUT2D eigenvalue weighted by molar-refractivity contribution is 9.10. The molecule has 0 heterocycles. The molecule has 6 nitrogen and oxygen atoms in total. The number of hydrogen-bond donors (Lipinski definition) is 1. The number of carbonyl (C=O) groups excluding carboxylic acids is 1. The summed E-state index contributed by atoms with van der Waals surface area (Å²) in [6.45, 7) is 1.91. The zero-order chi connectivity index (χ0) is 16.0. The quantitative estimate of drug-likeness (QED) is 0.773. The highest BCUT2D eigenvalue weighted by atomic mass is 79.9. The first-order valence-corrected chi connectivity index (χ1v) is 8.51. The summed E-state index contributed by atoms with van der Waals surface area (Å²) in [5.74, 6) is -0.372. The second-order valence-electron chi connectivity index (χ2n) is 4.64. The number of nitrogens with zero attached hydrogens (tertiary/aromatic N) is 1. The maximum Gasteiger partial charge on any atom is 0.243 e. The summed E-state index contributed by atoms with van der Waals surface area (Å²) in [6, 6.07) is 6.08. The number of sulfonamides is 1. The van der Waals surface area contributed by atoms with Gasteiger partial charge in [0.25, 0.3) is 0 Å². The van der Waals surface area contributed by atoms with Gasteiger partial charge in [0.2, 0.25) is 15.9 Å². The van der Waals surface area contributed by atoms with Gasteiger partial charge in [-0.2, -0.15) is 4.31 Å². The minimum atomic E-state index is -3.68. The minimum Gasteiger partial charge on any atom is -0.383 e.